The molecule has 2 aromatic carbocycles. The molecular formula is C25H29BrCl2N2O3. The maximum atomic E-state index is 13.3. The third-order valence-corrected chi connectivity index (χ3v) is 6.98. The summed E-state index contributed by atoms with van der Waals surface area (Å²) in [5.41, 5.74) is 0.724. The summed E-state index contributed by atoms with van der Waals surface area (Å²) in [6.45, 7) is 1.92. The van der Waals surface area contributed by atoms with Gasteiger partial charge in [0.2, 0.25) is 5.91 Å². The third kappa shape index (κ3) is 7.62. The van der Waals surface area contributed by atoms with Crippen LogP contribution < -0.4 is 10.1 Å². The standard InChI is InChI=1S/C25H29BrCl2N2O3/c1-2-23(25(32)29-20-6-4-3-5-7-20)30(15-17-8-11-19(27)14-22(17)28)24(31)16-33-21-12-9-18(26)10-13-21/h8-14,20,23H,2-7,15-16H2,1H3,(H,29,32). The quantitative estimate of drug-likeness (QED) is 0.390. The maximum Gasteiger partial charge on any atom is 0.261 e. The lowest BCUT2D eigenvalue weighted by Crippen LogP contribution is -2.52. The molecule has 1 saturated carbocycles. The fourth-order valence-corrected chi connectivity index (χ4v) is 4.79. The van der Waals surface area contributed by atoms with Crippen LogP contribution in [0.4, 0.5) is 0 Å². The number of hydrogen-bond acceptors (Lipinski definition) is 3. The highest BCUT2D eigenvalue weighted by atomic mass is 79.9. The van der Waals surface area contributed by atoms with E-state index in [9.17, 15) is 9.59 Å². The predicted octanol–water partition coefficient (Wildman–Crippen LogP) is 6.39. The molecule has 8 heteroatoms. The summed E-state index contributed by atoms with van der Waals surface area (Å²) in [6, 6.07) is 11.9. The minimum Gasteiger partial charge on any atom is -0.484 e. The summed E-state index contributed by atoms with van der Waals surface area (Å²) in [5.74, 6) is 0.164. The lowest BCUT2D eigenvalue weighted by Gasteiger charge is -2.33. The van der Waals surface area contributed by atoms with Gasteiger partial charge >= 0.3 is 0 Å². The monoisotopic (exact) mass is 554 g/mol. The van der Waals surface area contributed by atoms with E-state index in [1.165, 1.54) is 6.42 Å². The third-order valence-electron chi connectivity index (χ3n) is 5.87. The Morgan fingerprint density at radius 1 is 1.12 bits per heavy atom. The van der Waals surface area contributed by atoms with Crippen molar-refractivity contribution in [2.45, 2.75) is 64.1 Å². The average molecular weight is 556 g/mol. The zero-order chi connectivity index (χ0) is 23.8. The highest BCUT2D eigenvalue weighted by Gasteiger charge is 2.31. The van der Waals surface area contributed by atoms with Crippen LogP contribution in [0, 0.1) is 0 Å². The molecule has 5 nitrogen and oxygen atoms in total. The number of benzene rings is 2. The van der Waals surface area contributed by atoms with Crippen LogP contribution in [0.3, 0.4) is 0 Å². The molecule has 0 radical (unpaired) electrons. The first kappa shape index (κ1) is 25.9. The fraction of sp³-hybridized carbons (Fsp3) is 0.440. The number of nitrogens with one attached hydrogen (secondary N) is 1. The van der Waals surface area contributed by atoms with Crippen LogP contribution >= 0.6 is 39.1 Å². The van der Waals surface area contributed by atoms with Gasteiger partial charge in [-0.05, 0) is 61.2 Å². The van der Waals surface area contributed by atoms with Gasteiger partial charge in [0.25, 0.3) is 5.91 Å². The lowest BCUT2D eigenvalue weighted by atomic mass is 9.95. The first-order chi connectivity index (χ1) is 15.9. The van der Waals surface area contributed by atoms with Crippen molar-refractivity contribution in [2.24, 2.45) is 0 Å². The number of nitrogens with zero attached hydrogens (tertiary/aromatic N) is 1. The van der Waals surface area contributed by atoms with Crippen LogP contribution in [-0.4, -0.2) is 35.4 Å². The molecule has 3 rings (SSSR count). The molecule has 1 aliphatic carbocycles. The van der Waals surface area contributed by atoms with Crippen molar-refractivity contribution in [1.29, 1.82) is 0 Å². The summed E-state index contributed by atoms with van der Waals surface area (Å²) in [4.78, 5) is 28.1. The summed E-state index contributed by atoms with van der Waals surface area (Å²) in [7, 11) is 0. The van der Waals surface area contributed by atoms with Crippen LogP contribution in [0.2, 0.25) is 10.0 Å². The van der Waals surface area contributed by atoms with Gasteiger partial charge in [-0.25, -0.2) is 0 Å². The van der Waals surface area contributed by atoms with Gasteiger partial charge in [-0.2, -0.15) is 0 Å². The Kier molecular flexibility index (Phi) is 9.90. The minimum absolute atomic E-state index is 0.133. The molecule has 2 amide bonds. The van der Waals surface area contributed by atoms with Crippen molar-refractivity contribution in [2.75, 3.05) is 6.61 Å². The topological polar surface area (TPSA) is 58.6 Å². The summed E-state index contributed by atoms with van der Waals surface area (Å²) < 4.78 is 6.64. The molecule has 178 valence electrons. The predicted molar refractivity (Wildman–Crippen MR) is 136 cm³/mol. The van der Waals surface area contributed by atoms with E-state index in [2.05, 4.69) is 21.2 Å². The van der Waals surface area contributed by atoms with E-state index < -0.39 is 6.04 Å². The highest BCUT2D eigenvalue weighted by molar-refractivity contribution is 9.10. The van der Waals surface area contributed by atoms with Gasteiger partial charge < -0.3 is 15.0 Å². The molecule has 33 heavy (non-hydrogen) atoms. The fourth-order valence-electron chi connectivity index (χ4n) is 4.06. The van der Waals surface area contributed by atoms with E-state index in [-0.39, 0.29) is 31.0 Å². The van der Waals surface area contributed by atoms with Crippen LogP contribution in [0.1, 0.15) is 51.0 Å². The molecule has 1 aliphatic rings. The van der Waals surface area contributed by atoms with Gasteiger partial charge in [0, 0.05) is 27.1 Å². The van der Waals surface area contributed by atoms with Gasteiger partial charge in [-0.1, -0.05) is 71.4 Å². The van der Waals surface area contributed by atoms with E-state index in [0.717, 1.165) is 35.7 Å². The van der Waals surface area contributed by atoms with Gasteiger partial charge in [0.15, 0.2) is 6.61 Å². The zero-order valence-corrected chi connectivity index (χ0v) is 21.8. The van der Waals surface area contributed by atoms with E-state index in [0.29, 0.717) is 22.2 Å². The lowest BCUT2D eigenvalue weighted by molar-refractivity contribution is -0.143. The van der Waals surface area contributed by atoms with Crippen molar-refractivity contribution in [1.82, 2.24) is 10.2 Å². The maximum absolute atomic E-state index is 13.3. The number of rotatable bonds is 9. The van der Waals surface area contributed by atoms with Gasteiger partial charge in [-0.15, -0.1) is 0 Å². The molecule has 0 spiro atoms. The second kappa shape index (κ2) is 12.6. The number of halogens is 3. The normalized spacial score (nSPS) is 15.0. The molecule has 1 atom stereocenters. The van der Waals surface area contributed by atoms with E-state index >= 15 is 0 Å². The van der Waals surface area contributed by atoms with Gasteiger partial charge in [0.05, 0.1) is 0 Å². The molecule has 0 aromatic heterocycles. The molecular weight excluding hydrogens is 527 g/mol. The van der Waals surface area contributed by atoms with Crippen molar-refractivity contribution in [3.8, 4) is 5.75 Å². The van der Waals surface area contributed by atoms with Crippen LogP contribution in [-0.2, 0) is 16.1 Å². The Labute approximate surface area is 213 Å². The van der Waals surface area contributed by atoms with Crippen molar-refractivity contribution in [3.05, 3.63) is 62.5 Å². The van der Waals surface area contributed by atoms with Crippen molar-refractivity contribution >= 4 is 50.9 Å². The summed E-state index contributed by atoms with van der Waals surface area (Å²) in [5, 5.41) is 4.13. The number of carbonyl (C=O) groups is 2. The summed E-state index contributed by atoms with van der Waals surface area (Å²) in [6.07, 6.45) is 5.87. The van der Waals surface area contributed by atoms with Gasteiger partial charge in [0.1, 0.15) is 11.8 Å². The molecule has 0 aliphatic heterocycles. The number of amides is 2. The highest BCUT2D eigenvalue weighted by Crippen LogP contribution is 2.25. The SMILES string of the molecule is CCC(C(=O)NC1CCCCC1)N(Cc1ccc(Cl)cc1Cl)C(=O)COc1ccc(Br)cc1. The average Bonchev–Trinajstić information content (AvgIpc) is 2.80. The first-order valence-corrected chi connectivity index (χ1v) is 12.8. The Balaban J connectivity index is 1.77. The van der Waals surface area contributed by atoms with Crippen molar-refractivity contribution in [3.63, 3.8) is 0 Å². The summed E-state index contributed by atoms with van der Waals surface area (Å²) >= 11 is 15.8. The van der Waals surface area contributed by atoms with Crippen LogP contribution in [0.5, 0.6) is 5.75 Å². The molecule has 2 aromatic rings. The van der Waals surface area contributed by atoms with Crippen LogP contribution in [0.25, 0.3) is 0 Å². The Morgan fingerprint density at radius 2 is 1.82 bits per heavy atom. The minimum atomic E-state index is -0.625. The number of carbonyl (C=O) groups excluding carboxylic acids is 2. The molecule has 1 fully saturated rings. The number of ether oxygens (including phenoxy) is 1. The number of hydrogen-bond donors (Lipinski definition) is 1. The Bertz CT molecular complexity index is 949. The largest absolute Gasteiger partial charge is 0.484 e. The first-order valence-electron chi connectivity index (χ1n) is 11.3. The molecule has 1 unspecified atom stereocenters. The Hall–Kier alpha value is -1.76. The van der Waals surface area contributed by atoms with Gasteiger partial charge in [-0.3, -0.25) is 9.59 Å². The molecule has 0 saturated heterocycles. The zero-order valence-electron chi connectivity index (χ0n) is 18.7. The smallest absolute Gasteiger partial charge is 0.261 e. The molecule has 1 N–H and O–H groups in total. The Morgan fingerprint density at radius 3 is 2.45 bits per heavy atom. The van der Waals surface area contributed by atoms with Crippen molar-refractivity contribution < 1.29 is 14.3 Å². The van der Waals surface area contributed by atoms with Crippen LogP contribution in [0.15, 0.2) is 46.9 Å². The molecule has 0 heterocycles. The van der Waals surface area contributed by atoms with E-state index in [4.69, 9.17) is 27.9 Å². The second-order valence-electron chi connectivity index (χ2n) is 8.27. The van der Waals surface area contributed by atoms with E-state index in [1.54, 1.807) is 35.2 Å². The molecule has 0 bridgehead atoms. The van der Waals surface area contributed by atoms with E-state index in [1.807, 2.05) is 19.1 Å². The second-order valence-corrected chi connectivity index (χ2v) is 10.0.